The number of carbonyl (C=O) groups excluding carboxylic acids is 1. The molecule has 24 heavy (non-hydrogen) atoms. The lowest BCUT2D eigenvalue weighted by Crippen LogP contribution is -2.48. The fourth-order valence-corrected chi connectivity index (χ4v) is 2.95. The molecular weight excluding hydrogens is 328 g/mol. The Hall–Kier alpha value is -1.89. The Bertz CT molecular complexity index is 701. The second-order valence-corrected chi connectivity index (χ2v) is 6.49. The van der Waals surface area contributed by atoms with E-state index in [2.05, 4.69) is 27.2 Å². The average Bonchev–Trinajstić information content (AvgIpc) is 3.00. The highest BCUT2D eigenvalue weighted by molar-refractivity contribution is 6.30. The SMILES string of the molecule is Cc1ncc(C(=O)N[C@@H](c2ccc(Cl)cc2)[C@H]2CN(C)CCO2)[nH]1. The Kier molecular flexibility index (Phi) is 5.18. The van der Waals surface area contributed by atoms with E-state index in [4.69, 9.17) is 16.3 Å². The molecule has 1 aromatic heterocycles. The molecule has 1 saturated heterocycles. The Morgan fingerprint density at radius 2 is 2.21 bits per heavy atom. The van der Waals surface area contributed by atoms with Crippen LogP contribution in [0.25, 0.3) is 0 Å². The number of ether oxygens (including phenoxy) is 1. The fraction of sp³-hybridized carbons (Fsp3) is 0.412. The number of rotatable bonds is 4. The molecule has 7 heteroatoms. The van der Waals surface area contributed by atoms with Gasteiger partial charge in [0.1, 0.15) is 11.5 Å². The van der Waals surface area contributed by atoms with Crippen LogP contribution in [0.2, 0.25) is 5.02 Å². The summed E-state index contributed by atoms with van der Waals surface area (Å²) < 4.78 is 5.92. The third kappa shape index (κ3) is 3.95. The largest absolute Gasteiger partial charge is 0.373 e. The van der Waals surface area contributed by atoms with E-state index in [1.807, 2.05) is 31.2 Å². The Balaban J connectivity index is 1.83. The van der Waals surface area contributed by atoms with Gasteiger partial charge in [-0.25, -0.2) is 4.98 Å². The Morgan fingerprint density at radius 1 is 1.46 bits per heavy atom. The summed E-state index contributed by atoms with van der Waals surface area (Å²) in [5.74, 6) is 0.504. The van der Waals surface area contributed by atoms with Gasteiger partial charge in [-0.15, -0.1) is 0 Å². The van der Waals surface area contributed by atoms with Crippen LogP contribution >= 0.6 is 11.6 Å². The van der Waals surface area contributed by atoms with Crippen molar-refractivity contribution in [3.05, 3.63) is 52.6 Å². The number of nitrogens with one attached hydrogen (secondary N) is 2. The third-order valence-corrected chi connectivity index (χ3v) is 4.38. The first-order valence-corrected chi connectivity index (χ1v) is 8.29. The molecule has 0 spiro atoms. The Labute approximate surface area is 146 Å². The van der Waals surface area contributed by atoms with Gasteiger partial charge in [-0.3, -0.25) is 4.79 Å². The van der Waals surface area contributed by atoms with Crippen molar-refractivity contribution >= 4 is 17.5 Å². The van der Waals surface area contributed by atoms with E-state index in [1.54, 1.807) is 0 Å². The molecule has 3 rings (SSSR count). The van der Waals surface area contributed by atoms with Crippen LogP contribution in [0.3, 0.4) is 0 Å². The van der Waals surface area contributed by atoms with Crippen molar-refractivity contribution in [3.63, 3.8) is 0 Å². The fourth-order valence-electron chi connectivity index (χ4n) is 2.83. The molecule has 128 valence electrons. The normalized spacial score (nSPS) is 19.9. The van der Waals surface area contributed by atoms with Gasteiger partial charge in [0, 0.05) is 18.1 Å². The number of H-pyrrole nitrogens is 1. The van der Waals surface area contributed by atoms with Crippen LogP contribution in [0.15, 0.2) is 30.5 Å². The number of likely N-dealkylation sites (N-methyl/N-ethyl adjacent to an activating group) is 1. The zero-order valence-electron chi connectivity index (χ0n) is 13.8. The number of aromatic nitrogens is 2. The van der Waals surface area contributed by atoms with E-state index >= 15 is 0 Å². The second kappa shape index (κ2) is 7.34. The molecule has 0 radical (unpaired) electrons. The number of benzene rings is 1. The minimum absolute atomic E-state index is 0.127. The van der Waals surface area contributed by atoms with E-state index in [9.17, 15) is 4.79 Å². The number of hydrogen-bond donors (Lipinski definition) is 2. The predicted molar refractivity (Wildman–Crippen MR) is 92.2 cm³/mol. The maximum atomic E-state index is 12.6. The highest BCUT2D eigenvalue weighted by Crippen LogP contribution is 2.24. The van der Waals surface area contributed by atoms with Crippen molar-refractivity contribution in [1.82, 2.24) is 20.2 Å². The van der Waals surface area contributed by atoms with Crippen molar-refractivity contribution in [2.45, 2.75) is 19.1 Å². The summed E-state index contributed by atoms with van der Waals surface area (Å²) in [5.41, 5.74) is 1.40. The maximum Gasteiger partial charge on any atom is 0.269 e. The smallest absolute Gasteiger partial charge is 0.269 e. The molecule has 0 bridgehead atoms. The molecule has 2 aromatic rings. The molecule has 2 atom stereocenters. The number of aryl methyl sites for hydroxylation is 1. The van der Waals surface area contributed by atoms with Gasteiger partial charge in [0.25, 0.3) is 5.91 Å². The van der Waals surface area contributed by atoms with Crippen molar-refractivity contribution < 1.29 is 9.53 Å². The number of imidazole rings is 1. The molecule has 1 aliphatic rings. The van der Waals surface area contributed by atoms with E-state index in [1.165, 1.54) is 6.20 Å². The molecule has 0 saturated carbocycles. The highest BCUT2D eigenvalue weighted by Gasteiger charge is 2.30. The summed E-state index contributed by atoms with van der Waals surface area (Å²) >= 11 is 5.99. The molecule has 1 fully saturated rings. The molecule has 2 N–H and O–H groups in total. The molecule has 1 aliphatic heterocycles. The molecule has 6 nitrogen and oxygen atoms in total. The number of morpholine rings is 1. The van der Waals surface area contributed by atoms with Crippen molar-refractivity contribution in [1.29, 1.82) is 0 Å². The van der Waals surface area contributed by atoms with Crippen molar-refractivity contribution in [3.8, 4) is 0 Å². The zero-order valence-corrected chi connectivity index (χ0v) is 14.5. The van der Waals surface area contributed by atoms with Crippen LogP contribution in [0.5, 0.6) is 0 Å². The lowest BCUT2D eigenvalue weighted by molar-refractivity contribution is -0.0381. The lowest BCUT2D eigenvalue weighted by Gasteiger charge is -2.35. The predicted octanol–water partition coefficient (Wildman–Crippen LogP) is 2.17. The van der Waals surface area contributed by atoms with Crippen LogP contribution in [0.4, 0.5) is 0 Å². The maximum absolute atomic E-state index is 12.6. The molecule has 2 heterocycles. The van der Waals surface area contributed by atoms with Crippen LogP contribution in [0, 0.1) is 6.92 Å². The topological polar surface area (TPSA) is 70.2 Å². The van der Waals surface area contributed by atoms with Gasteiger partial charge in [-0.1, -0.05) is 23.7 Å². The van der Waals surface area contributed by atoms with E-state index in [-0.39, 0.29) is 18.1 Å². The standard InChI is InChI=1S/C17H21ClN4O2/c1-11-19-9-14(20-11)17(23)21-16(12-3-5-13(18)6-4-12)15-10-22(2)7-8-24-15/h3-6,9,15-16H,7-8,10H2,1-2H3,(H,19,20)(H,21,23)/t15-,16+/m1/s1. The summed E-state index contributed by atoms with van der Waals surface area (Å²) in [6.07, 6.45) is 1.41. The number of amides is 1. The van der Waals surface area contributed by atoms with E-state index < -0.39 is 0 Å². The number of carbonyl (C=O) groups is 1. The third-order valence-electron chi connectivity index (χ3n) is 4.13. The first-order valence-electron chi connectivity index (χ1n) is 7.91. The van der Waals surface area contributed by atoms with E-state index in [0.717, 1.165) is 18.7 Å². The average molecular weight is 349 g/mol. The monoisotopic (exact) mass is 348 g/mol. The Morgan fingerprint density at radius 3 is 2.83 bits per heavy atom. The lowest BCUT2D eigenvalue weighted by atomic mass is 9.99. The quantitative estimate of drug-likeness (QED) is 0.888. The van der Waals surface area contributed by atoms with Crippen molar-refractivity contribution in [2.24, 2.45) is 0 Å². The van der Waals surface area contributed by atoms with Gasteiger partial charge in [0.15, 0.2) is 0 Å². The molecule has 0 aliphatic carbocycles. The minimum Gasteiger partial charge on any atom is -0.373 e. The van der Waals surface area contributed by atoms with Crippen LogP contribution in [0.1, 0.15) is 27.9 Å². The van der Waals surface area contributed by atoms with Crippen LogP contribution < -0.4 is 5.32 Å². The van der Waals surface area contributed by atoms with Gasteiger partial charge in [-0.05, 0) is 31.7 Å². The zero-order chi connectivity index (χ0) is 17.1. The van der Waals surface area contributed by atoms with Crippen molar-refractivity contribution in [2.75, 3.05) is 26.7 Å². The highest BCUT2D eigenvalue weighted by atomic mass is 35.5. The van der Waals surface area contributed by atoms with Gasteiger partial charge in [-0.2, -0.15) is 0 Å². The van der Waals surface area contributed by atoms with Crippen LogP contribution in [-0.2, 0) is 4.74 Å². The van der Waals surface area contributed by atoms with Crippen LogP contribution in [-0.4, -0.2) is 53.6 Å². The first-order chi connectivity index (χ1) is 11.5. The summed E-state index contributed by atoms with van der Waals surface area (Å²) in [5, 5.41) is 3.73. The molecular formula is C17H21ClN4O2. The van der Waals surface area contributed by atoms with Gasteiger partial charge >= 0.3 is 0 Å². The van der Waals surface area contributed by atoms with Gasteiger partial charge < -0.3 is 19.9 Å². The van der Waals surface area contributed by atoms with Gasteiger partial charge in [0.05, 0.1) is 24.9 Å². The van der Waals surface area contributed by atoms with Gasteiger partial charge in [0.2, 0.25) is 0 Å². The molecule has 1 amide bonds. The first kappa shape index (κ1) is 17.0. The second-order valence-electron chi connectivity index (χ2n) is 6.06. The number of hydrogen-bond acceptors (Lipinski definition) is 4. The molecule has 0 unspecified atom stereocenters. The number of aromatic amines is 1. The number of halogens is 1. The van der Waals surface area contributed by atoms with E-state index in [0.29, 0.717) is 23.1 Å². The number of nitrogens with zero attached hydrogens (tertiary/aromatic N) is 2. The summed E-state index contributed by atoms with van der Waals surface area (Å²) in [6.45, 7) is 4.09. The summed E-state index contributed by atoms with van der Waals surface area (Å²) in [6, 6.07) is 7.22. The molecule has 1 aromatic carbocycles. The summed E-state index contributed by atoms with van der Waals surface area (Å²) in [4.78, 5) is 21.8. The summed E-state index contributed by atoms with van der Waals surface area (Å²) in [7, 11) is 2.05. The minimum atomic E-state index is -0.263.